The van der Waals surface area contributed by atoms with Crippen molar-refractivity contribution in [2.24, 2.45) is 5.10 Å². The number of anilines is 1. The van der Waals surface area contributed by atoms with Crippen LogP contribution in [0.4, 0.5) is 5.69 Å². The number of thiocarbonyl (C=S) groups is 1. The molecule has 6 nitrogen and oxygen atoms in total. The number of aryl methyl sites for hydroxylation is 1. The molecule has 0 saturated heterocycles. The first-order chi connectivity index (χ1) is 14.9. The molecule has 158 valence electrons. The number of methoxy groups -OCH3 is 1. The Balaban J connectivity index is 1.66. The van der Waals surface area contributed by atoms with E-state index in [2.05, 4.69) is 31.8 Å². The molecule has 0 aliphatic heterocycles. The minimum Gasteiger partial charge on any atom is -0.497 e. The fourth-order valence-corrected chi connectivity index (χ4v) is 3.19. The van der Waals surface area contributed by atoms with Crippen LogP contribution in [0.15, 0.2) is 76.3 Å². The van der Waals surface area contributed by atoms with E-state index in [1.165, 1.54) is 6.21 Å². The quantitative estimate of drug-likeness (QED) is 0.158. The van der Waals surface area contributed by atoms with E-state index in [-0.39, 0.29) is 0 Å². The van der Waals surface area contributed by atoms with Crippen LogP contribution in [0.3, 0.4) is 0 Å². The molecule has 31 heavy (non-hydrogen) atoms. The Morgan fingerprint density at radius 2 is 1.87 bits per heavy atom. The van der Waals surface area contributed by atoms with Gasteiger partial charge in [-0.1, -0.05) is 33.6 Å². The number of ether oxygens (including phenoxy) is 2. The zero-order valence-corrected chi connectivity index (χ0v) is 19.3. The van der Waals surface area contributed by atoms with Crippen LogP contribution in [0.25, 0.3) is 0 Å². The number of hydrogen-bond acceptors (Lipinski definition) is 5. The van der Waals surface area contributed by atoms with E-state index in [1.807, 2.05) is 43.3 Å². The van der Waals surface area contributed by atoms with Crippen LogP contribution >= 0.6 is 28.1 Å². The van der Waals surface area contributed by atoms with Crippen molar-refractivity contribution in [2.45, 2.75) is 6.92 Å². The highest BCUT2D eigenvalue weighted by Gasteiger charge is 2.12. The molecule has 0 bridgehead atoms. The molecule has 0 atom stereocenters. The summed E-state index contributed by atoms with van der Waals surface area (Å²) < 4.78 is 11.5. The highest BCUT2D eigenvalue weighted by molar-refractivity contribution is 9.10. The number of rotatable bonds is 6. The van der Waals surface area contributed by atoms with Crippen molar-refractivity contribution in [1.29, 1.82) is 0 Å². The third-order valence-corrected chi connectivity index (χ3v) is 4.83. The van der Waals surface area contributed by atoms with Crippen molar-refractivity contribution in [2.75, 3.05) is 12.4 Å². The van der Waals surface area contributed by atoms with E-state index in [9.17, 15) is 4.79 Å². The number of esters is 1. The Morgan fingerprint density at radius 1 is 1.10 bits per heavy atom. The lowest BCUT2D eigenvalue weighted by atomic mass is 10.1. The summed E-state index contributed by atoms with van der Waals surface area (Å²) >= 11 is 8.68. The zero-order chi connectivity index (χ0) is 22.2. The van der Waals surface area contributed by atoms with Crippen molar-refractivity contribution in [3.63, 3.8) is 0 Å². The Labute approximate surface area is 194 Å². The van der Waals surface area contributed by atoms with Crippen LogP contribution in [-0.2, 0) is 0 Å². The molecule has 0 aliphatic rings. The lowest BCUT2D eigenvalue weighted by Gasteiger charge is -2.09. The van der Waals surface area contributed by atoms with E-state index in [0.29, 0.717) is 22.0 Å². The second-order valence-corrected chi connectivity index (χ2v) is 7.82. The van der Waals surface area contributed by atoms with E-state index >= 15 is 0 Å². The first kappa shape index (κ1) is 22.5. The van der Waals surface area contributed by atoms with Crippen molar-refractivity contribution < 1.29 is 14.3 Å². The van der Waals surface area contributed by atoms with E-state index in [1.54, 1.807) is 37.4 Å². The lowest BCUT2D eigenvalue weighted by Crippen LogP contribution is -2.23. The molecular formula is C23H20BrN3O3S. The van der Waals surface area contributed by atoms with Crippen LogP contribution in [0.5, 0.6) is 11.5 Å². The highest BCUT2D eigenvalue weighted by Crippen LogP contribution is 2.23. The molecular weight excluding hydrogens is 478 g/mol. The van der Waals surface area contributed by atoms with E-state index in [4.69, 9.17) is 21.7 Å². The summed E-state index contributed by atoms with van der Waals surface area (Å²) in [4.78, 5) is 12.5. The second kappa shape index (κ2) is 10.7. The molecule has 0 amide bonds. The predicted octanol–water partition coefficient (Wildman–Crippen LogP) is 5.31. The number of hydrazone groups is 1. The van der Waals surface area contributed by atoms with Gasteiger partial charge in [0.15, 0.2) is 5.11 Å². The molecule has 0 aliphatic carbocycles. The van der Waals surface area contributed by atoms with Gasteiger partial charge in [-0.25, -0.2) is 4.79 Å². The minimum absolute atomic E-state index is 0.315. The van der Waals surface area contributed by atoms with Gasteiger partial charge in [-0.05, 0) is 73.7 Å². The van der Waals surface area contributed by atoms with Gasteiger partial charge in [0.1, 0.15) is 11.5 Å². The predicted molar refractivity (Wildman–Crippen MR) is 130 cm³/mol. The molecule has 0 heterocycles. The number of hydrogen-bond donors (Lipinski definition) is 2. The molecule has 8 heteroatoms. The summed E-state index contributed by atoms with van der Waals surface area (Å²) in [6, 6.07) is 19.8. The van der Waals surface area contributed by atoms with Gasteiger partial charge in [0.05, 0.1) is 18.9 Å². The van der Waals surface area contributed by atoms with Crippen LogP contribution in [0, 0.1) is 6.92 Å². The van der Waals surface area contributed by atoms with E-state index < -0.39 is 5.97 Å². The van der Waals surface area contributed by atoms with Crippen molar-refractivity contribution >= 4 is 51.1 Å². The Kier molecular flexibility index (Phi) is 7.75. The molecule has 0 saturated carbocycles. The number of carbonyl (C=O) groups excluding carboxylic acids is 1. The number of halogens is 1. The Bertz CT molecular complexity index is 1120. The van der Waals surface area contributed by atoms with Gasteiger partial charge in [0.2, 0.25) is 0 Å². The number of nitrogens with one attached hydrogen (secondary N) is 2. The maximum Gasteiger partial charge on any atom is 0.343 e. The van der Waals surface area contributed by atoms with Gasteiger partial charge in [-0.15, -0.1) is 0 Å². The normalized spacial score (nSPS) is 10.5. The van der Waals surface area contributed by atoms with E-state index in [0.717, 1.165) is 21.5 Å². The fraction of sp³-hybridized carbons (Fsp3) is 0.0870. The molecule has 0 fully saturated rings. The van der Waals surface area contributed by atoms with Crippen LogP contribution in [0.1, 0.15) is 21.5 Å². The van der Waals surface area contributed by atoms with Crippen molar-refractivity contribution in [3.8, 4) is 11.5 Å². The molecule has 3 rings (SSSR count). The smallest absolute Gasteiger partial charge is 0.343 e. The number of carbonyl (C=O) groups is 1. The highest BCUT2D eigenvalue weighted by atomic mass is 79.9. The zero-order valence-electron chi connectivity index (χ0n) is 16.9. The van der Waals surface area contributed by atoms with Crippen LogP contribution in [-0.4, -0.2) is 24.4 Å². The van der Waals surface area contributed by atoms with Crippen LogP contribution in [0.2, 0.25) is 0 Å². The number of nitrogens with zero attached hydrogens (tertiary/aromatic N) is 1. The number of benzene rings is 3. The summed E-state index contributed by atoms with van der Waals surface area (Å²) in [7, 11) is 1.61. The topological polar surface area (TPSA) is 71.9 Å². The molecule has 0 spiro atoms. The maximum absolute atomic E-state index is 12.5. The SMILES string of the molecule is COc1ccc(NC(=S)NN=Cc2cc(Br)ccc2OC(=O)c2cccc(C)c2)cc1. The monoisotopic (exact) mass is 497 g/mol. The molecule has 0 aromatic heterocycles. The van der Waals surface area contributed by atoms with Crippen molar-refractivity contribution in [1.82, 2.24) is 5.43 Å². The third kappa shape index (κ3) is 6.63. The maximum atomic E-state index is 12.5. The summed E-state index contributed by atoms with van der Waals surface area (Å²) in [5, 5.41) is 7.49. The largest absolute Gasteiger partial charge is 0.497 e. The van der Waals surface area contributed by atoms with Gasteiger partial charge in [0, 0.05) is 15.7 Å². The molecule has 3 aromatic rings. The van der Waals surface area contributed by atoms with Gasteiger partial charge >= 0.3 is 5.97 Å². The molecule has 2 N–H and O–H groups in total. The van der Waals surface area contributed by atoms with Gasteiger partial charge in [-0.2, -0.15) is 5.10 Å². The first-order valence-corrected chi connectivity index (χ1v) is 10.5. The Hall–Kier alpha value is -3.23. The molecule has 0 radical (unpaired) electrons. The summed E-state index contributed by atoms with van der Waals surface area (Å²) in [5.74, 6) is 0.699. The second-order valence-electron chi connectivity index (χ2n) is 6.49. The summed E-state index contributed by atoms with van der Waals surface area (Å²) in [5.41, 5.74) is 5.61. The molecule has 3 aromatic carbocycles. The molecule has 0 unspecified atom stereocenters. The fourth-order valence-electron chi connectivity index (χ4n) is 2.64. The third-order valence-electron chi connectivity index (χ3n) is 4.15. The first-order valence-electron chi connectivity index (χ1n) is 9.27. The van der Waals surface area contributed by atoms with Crippen molar-refractivity contribution in [3.05, 3.63) is 87.9 Å². The summed E-state index contributed by atoms with van der Waals surface area (Å²) in [6.07, 6.45) is 1.53. The van der Waals surface area contributed by atoms with Gasteiger partial charge in [0.25, 0.3) is 0 Å². The lowest BCUT2D eigenvalue weighted by molar-refractivity contribution is 0.0734. The van der Waals surface area contributed by atoms with Gasteiger partial charge in [-0.3, -0.25) is 5.43 Å². The van der Waals surface area contributed by atoms with Crippen LogP contribution < -0.4 is 20.2 Å². The average molecular weight is 498 g/mol. The summed E-state index contributed by atoms with van der Waals surface area (Å²) in [6.45, 7) is 1.92. The van der Waals surface area contributed by atoms with Gasteiger partial charge < -0.3 is 14.8 Å². The standard InChI is InChI=1S/C23H20BrN3O3S/c1-15-4-3-5-16(12-15)22(28)30-21-11-6-18(24)13-17(21)14-25-27-23(31)26-19-7-9-20(29-2)10-8-19/h3-14H,1-2H3,(H2,26,27,31). The Morgan fingerprint density at radius 3 is 2.58 bits per heavy atom. The average Bonchev–Trinajstić information content (AvgIpc) is 2.76. The minimum atomic E-state index is -0.440.